The third kappa shape index (κ3) is 4.82. The topological polar surface area (TPSA) is 74.4 Å². The molecule has 17 heavy (non-hydrogen) atoms. The summed E-state index contributed by atoms with van der Waals surface area (Å²) in [4.78, 5) is 15.8. The molecule has 0 aliphatic heterocycles. The Morgan fingerprint density at radius 2 is 2.12 bits per heavy atom. The van der Waals surface area contributed by atoms with Crippen LogP contribution in [0.15, 0.2) is 18.2 Å². The summed E-state index contributed by atoms with van der Waals surface area (Å²) in [6, 6.07) is 4.95. The normalized spacial score (nSPS) is 11.1. The summed E-state index contributed by atoms with van der Waals surface area (Å²) < 4.78 is 10.4. The number of ether oxygens (including phenoxy) is 2. The van der Waals surface area contributed by atoms with Crippen molar-refractivity contribution in [3.8, 4) is 5.88 Å². The minimum absolute atomic E-state index is 0.231. The summed E-state index contributed by atoms with van der Waals surface area (Å²) in [5.74, 6) is -0.0884. The first kappa shape index (κ1) is 13.4. The van der Waals surface area contributed by atoms with Crippen LogP contribution in [0.2, 0.25) is 0 Å². The van der Waals surface area contributed by atoms with Gasteiger partial charge in [-0.2, -0.15) is 0 Å². The largest absolute Gasteiger partial charge is 0.476 e. The molecule has 1 aromatic heterocycles. The van der Waals surface area contributed by atoms with Crippen LogP contribution in [0.25, 0.3) is 0 Å². The van der Waals surface area contributed by atoms with Gasteiger partial charge in [-0.25, -0.2) is 9.78 Å². The maximum Gasteiger partial charge on any atom is 0.357 e. The van der Waals surface area contributed by atoms with Crippen molar-refractivity contribution in [1.82, 2.24) is 4.98 Å². The average molecular weight is 238 g/mol. The summed E-state index contributed by atoms with van der Waals surface area (Å²) in [5.41, 5.74) is 5.01. The highest BCUT2D eigenvalue weighted by Gasteiger charge is 2.19. The first-order valence-corrected chi connectivity index (χ1v) is 5.45. The van der Waals surface area contributed by atoms with Crippen molar-refractivity contribution < 1.29 is 14.3 Å². The van der Waals surface area contributed by atoms with E-state index in [0.717, 1.165) is 0 Å². The Morgan fingerprint density at radius 1 is 1.41 bits per heavy atom. The van der Waals surface area contributed by atoms with Gasteiger partial charge in [-0.05, 0) is 26.8 Å². The predicted molar refractivity (Wildman–Crippen MR) is 64.0 cm³/mol. The summed E-state index contributed by atoms with van der Waals surface area (Å²) in [6.07, 6.45) is 0. The first-order valence-electron chi connectivity index (χ1n) is 5.45. The van der Waals surface area contributed by atoms with E-state index >= 15 is 0 Å². The van der Waals surface area contributed by atoms with E-state index in [1.165, 1.54) is 0 Å². The molecule has 0 radical (unpaired) electrons. The van der Waals surface area contributed by atoms with E-state index in [0.29, 0.717) is 19.0 Å². The van der Waals surface area contributed by atoms with E-state index in [1.807, 2.05) is 0 Å². The van der Waals surface area contributed by atoms with Crippen LogP contribution in [-0.4, -0.2) is 29.7 Å². The fraction of sp³-hybridized carbons (Fsp3) is 0.500. The lowest BCUT2D eigenvalue weighted by atomic mass is 10.2. The molecule has 0 aromatic carbocycles. The Hall–Kier alpha value is -1.62. The van der Waals surface area contributed by atoms with Gasteiger partial charge in [0.2, 0.25) is 5.88 Å². The zero-order valence-electron chi connectivity index (χ0n) is 10.4. The summed E-state index contributed by atoms with van der Waals surface area (Å²) >= 11 is 0. The highest BCUT2D eigenvalue weighted by atomic mass is 16.6. The van der Waals surface area contributed by atoms with Gasteiger partial charge < -0.3 is 15.2 Å². The van der Waals surface area contributed by atoms with Crippen LogP contribution in [0.3, 0.4) is 0 Å². The van der Waals surface area contributed by atoms with E-state index in [4.69, 9.17) is 15.2 Å². The van der Waals surface area contributed by atoms with Crippen LogP contribution >= 0.6 is 0 Å². The molecule has 0 aliphatic rings. The number of esters is 1. The minimum atomic E-state index is -0.535. The van der Waals surface area contributed by atoms with E-state index in [2.05, 4.69) is 4.98 Å². The lowest BCUT2D eigenvalue weighted by molar-refractivity contribution is 0.00618. The maximum absolute atomic E-state index is 11.7. The standard InChI is InChI=1S/C12H18N2O3/c1-12(2,3)17-11(15)9-5-4-6-10(14-9)16-8-7-13/h4-6H,7-8,13H2,1-3H3. The monoisotopic (exact) mass is 238 g/mol. The van der Waals surface area contributed by atoms with Crippen LogP contribution in [0.5, 0.6) is 5.88 Å². The molecule has 0 aliphatic carbocycles. The van der Waals surface area contributed by atoms with Crippen molar-refractivity contribution in [3.05, 3.63) is 23.9 Å². The van der Waals surface area contributed by atoms with E-state index < -0.39 is 11.6 Å². The van der Waals surface area contributed by atoms with Crippen LogP contribution < -0.4 is 10.5 Å². The highest BCUT2D eigenvalue weighted by molar-refractivity contribution is 5.87. The summed E-state index contributed by atoms with van der Waals surface area (Å²) in [7, 11) is 0. The summed E-state index contributed by atoms with van der Waals surface area (Å²) in [5, 5.41) is 0. The number of nitrogens with two attached hydrogens (primary N) is 1. The molecule has 5 nitrogen and oxygen atoms in total. The Balaban J connectivity index is 2.74. The van der Waals surface area contributed by atoms with Crippen LogP contribution in [0.1, 0.15) is 31.3 Å². The van der Waals surface area contributed by atoms with Gasteiger partial charge >= 0.3 is 5.97 Å². The van der Waals surface area contributed by atoms with Gasteiger partial charge in [0.15, 0.2) is 5.69 Å². The fourth-order valence-corrected chi connectivity index (χ4v) is 1.10. The van der Waals surface area contributed by atoms with E-state index in [9.17, 15) is 4.79 Å². The lowest BCUT2D eigenvalue weighted by Gasteiger charge is -2.19. The molecule has 1 heterocycles. The fourth-order valence-electron chi connectivity index (χ4n) is 1.10. The maximum atomic E-state index is 11.7. The molecule has 0 spiro atoms. The Kier molecular flexibility index (Phi) is 4.45. The molecule has 0 saturated heterocycles. The molecule has 0 atom stereocenters. The van der Waals surface area contributed by atoms with Crippen molar-refractivity contribution in [1.29, 1.82) is 0 Å². The number of pyridine rings is 1. The minimum Gasteiger partial charge on any atom is -0.476 e. The third-order valence-electron chi connectivity index (χ3n) is 1.70. The first-order chi connectivity index (χ1) is 7.92. The van der Waals surface area contributed by atoms with Crippen molar-refractivity contribution in [2.24, 2.45) is 5.73 Å². The van der Waals surface area contributed by atoms with Gasteiger partial charge in [0.25, 0.3) is 0 Å². The second kappa shape index (κ2) is 5.63. The zero-order chi connectivity index (χ0) is 12.9. The Labute approximate surface area is 101 Å². The number of nitrogens with zero attached hydrogens (tertiary/aromatic N) is 1. The average Bonchev–Trinajstić information content (AvgIpc) is 2.24. The van der Waals surface area contributed by atoms with Gasteiger partial charge in [-0.3, -0.25) is 0 Å². The number of rotatable bonds is 4. The molecular weight excluding hydrogens is 220 g/mol. The molecule has 0 bridgehead atoms. The molecule has 0 saturated carbocycles. The van der Waals surface area contributed by atoms with Crippen molar-refractivity contribution in [2.75, 3.05) is 13.2 Å². The van der Waals surface area contributed by atoms with E-state index in [-0.39, 0.29) is 5.69 Å². The Bertz CT molecular complexity index is 386. The molecule has 94 valence electrons. The smallest absolute Gasteiger partial charge is 0.357 e. The van der Waals surface area contributed by atoms with Crippen LogP contribution in [-0.2, 0) is 4.74 Å². The van der Waals surface area contributed by atoms with Crippen LogP contribution in [0.4, 0.5) is 0 Å². The predicted octanol–water partition coefficient (Wildman–Crippen LogP) is 1.37. The van der Waals surface area contributed by atoms with Gasteiger partial charge in [0, 0.05) is 12.6 Å². The van der Waals surface area contributed by atoms with Gasteiger partial charge in [0.05, 0.1) is 0 Å². The SMILES string of the molecule is CC(C)(C)OC(=O)c1cccc(OCCN)n1. The number of aromatic nitrogens is 1. The third-order valence-corrected chi connectivity index (χ3v) is 1.70. The van der Waals surface area contributed by atoms with Crippen molar-refractivity contribution in [2.45, 2.75) is 26.4 Å². The molecule has 1 rings (SSSR count). The van der Waals surface area contributed by atoms with Crippen molar-refractivity contribution in [3.63, 3.8) is 0 Å². The second-order valence-corrected chi connectivity index (χ2v) is 4.50. The van der Waals surface area contributed by atoms with E-state index in [1.54, 1.807) is 39.0 Å². The molecule has 0 fully saturated rings. The molecule has 1 aromatic rings. The van der Waals surface area contributed by atoms with Gasteiger partial charge in [0.1, 0.15) is 12.2 Å². The molecule has 2 N–H and O–H groups in total. The second-order valence-electron chi connectivity index (χ2n) is 4.50. The molecule has 0 unspecified atom stereocenters. The van der Waals surface area contributed by atoms with Crippen molar-refractivity contribution >= 4 is 5.97 Å². The number of carbonyl (C=O) groups is 1. The highest BCUT2D eigenvalue weighted by Crippen LogP contribution is 2.13. The number of hydrogen-bond acceptors (Lipinski definition) is 5. The number of carbonyl (C=O) groups excluding carboxylic acids is 1. The summed E-state index contributed by atoms with van der Waals surface area (Å²) in [6.45, 7) is 6.18. The van der Waals surface area contributed by atoms with Gasteiger partial charge in [-0.1, -0.05) is 6.07 Å². The molecule has 5 heteroatoms. The van der Waals surface area contributed by atoms with Crippen LogP contribution in [0, 0.1) is 0 Å². The zero-order valence-corrected chi connectivity index (χ0v) is 10.4. The van der Waals surface area contributed by atoms with Gasteiger partial charge in [-0.15, -0.1) is 0 Å². The quantitative estimate of drug-likeness (QED) is 0.802. The lowest BCUT2D eigenvalue weighted by Crippen LogP contribution is -2.24. The molecule has 0 amide bonds. The Morgan fingerprint density at radius 3 is 2.71 bits per heavy atom. The number of hydrogen-bond donors (Lipinski definition) is 1. The molecular formula is C12H18N2O3.